The molecular formula is C19H27F3O2. The topological polar surface area (TPSA) is 37.3 Å². The molecule has 0 bridgehead atoms. The Morgan fingerprint density at radius 3 is 2.29 bits per heavy atom. The van der Waals surface area contributed by atoms with E-state index in [1.807, 2.05) is 0 Å². The lowest BCUT2D eigenvalue weighted by Gasteiger charge is -2.15. The van der Waals surface area contributed by atoms with Crippen LogP contribution in [0.5, 0.6) is 0 Å². The zero-order chi connectivity index (χ0) is 18.0. The summed E-state index contributed by atoms with van der Waals surface area (Å²) in [5.74, 6) is -0.871. The highest BCUT2D eigenvalue weighted by atomic mass is 19.4. The van der Waals surface area contributed by atoms with E-state index in [0.717, 1.165) is 32.1 Å². The van der Waals surface area contributed by atoms with Crippen molar-refractivity contribution in [1.82, 2.24) is 0 Å². The maximum Gasteiger partial charge on any atom is 0.416 e. The summed E-state index contributed by atoms with van der Waals surface area (Å²) in [6, 6.07) is 4.58. The second kappa shape index (κ2) is 10.4. The number of carbonyl (C=O) groups is 1. The lowest BCUT2D eigenvalue weighted by molar-refractivity contribution is -0.138. The first-order chi connectivity index (χ1) is 11.3. The van der Waals surface area contributed by atoms with Crippen LogP contribution in [0.1, 0.15) is 75.0 Å². The van der Waals surface area contributed by atoms with Crippen molar-refractivity contribution in [3.05, 3.63) is 34.9 Å². The molecule has 5 heteroatoms. The standard InChI is InChI=1S/C19H27F3O2/c1-2-3-4-5-6-10-16-13-12-15(9-7-8-11-18(23)24)14-17(16)19(20,21)22/h12-14H,2-11H2,1H3,(H,23,24). The third-order valence-corrected chi connectivity index (χ3v) is 4.14. The summed E-state index contributed by atoms with van der Waals surface area (Å²) in [5, 5.41) is 8.59. The zero-order valence-electron chi connectivity index (χ0n) is 14.3. The van der Waals surface area contributed by atoms with E-state index in [9.17, 15) is 18.0 Å². The Kier molecular flexibility index (Phi) is 8.87. The van der Waals surface area contributed by atoms with Gasteiger partial charge in [0.05, 0.1) is 5.56 Å². The number of rotatable bonds is 11. The minimum Gasteiger partial charge on any atom is -0.481 e. The van der Waals surface area contributed by atoms with Gasteiger partial charge in [-0.05, 0) is 49.3 Å². The Balaban J connectivity index is 2.66. The van der Waals surface area contributed by atoms with E-state index in [2.05, 4.69) is 6.92 Å². The van der Waals surface area contributed by atoms with Crippen LogP contribution >= 0.6 is 0 Å². The van der Waals surface area contributed by atoms with Gasteiger partial charge in [-0.25, -0.2) is 0 Å². The Morgan fingerprint density at radius 1 is 1.00 bits per heavy atom. The van der Waals surface area contributed by atoms with Crippen molar-refractivity contribution < 1.29 is 23.1 Å². The number of aliphatic carboxylic acids is 1. The third-order valence-electron chi connectivity index (χ3n) is 4.14. The van der Waals surface area contributed by atoms with Gasteiger partial charge >= 0.3 is 12.1 Å². The van der Waals surface area contributed by atoms with E-state index in [1.54, 1.807) is 12.1 Å². The van der Waals surface area contributed by atoms with Crippen LogP contribution in [0, 0.1) is 0 Å². The molecule has 24 heavy (non-hydrogen) atoms. The lowest BCUT2D eigenvalue weighted by Crippen LogP contribution is -2.10. The predicted octanol–water partition coefficient (Wildman–Crippen LogP) is 6.02. The lowest BCUT2D eigenvalue weighted by atomic mass is 9.96. The fourth-order valence-corrected chi connectivity index (χ4v) is 2.79. The number of carboxylic acids is 1. The number of hydrogen-bond acceptors (Lipinski definition) is 1. The van der Waals surface area contributed by atoms with Crippen LogP contribution in [0.3, 0.4) is 0 Å². The highest BCUT2D eigenvalue weighted by molar-refractivity contribution is 5.66. The number of hydrogen-bond donors (Lipinski definition) is 1. The molecule has 136 valence electrons. The van der Waals surface area contributed by atoms with Crippen LogP contribution in [-0.2, 0) is 23.8 Å². The molecule has 0 radical (unpaired) electrons. The van der Waals surface area contributed by atoms with Gasteiger partial charge in [-0.15, -0.1) is 0 Å². The Morgan fingerprint density at radius 2 is 1.67 bits per heavy atom. The number of carboxylic acid groups (broad SMARTS) is 1. The fourth-order valence-electron chi connectivity index (χ4n) is 2.79. The van der Waals surface area contributed by atoms with Crippen molar-refractivity contribution in [1.29, 1.82) is 0 Å². The average molecular weight is 344 g/mol. The van der Waals surface area contributed by atoms with Crippen LogP contribution in [0.4, 0.5) is 13.2 Å². The van der Waals surface area contributed by atoms with E-state index in [-0.39, 0.29) is 6.42 Å². The first kappa shape index (κ1) is 20.5. The molecule has 0 heterocycles. The minimum absolute atomic E-state index is 0.0575. The normalized spacial score (nSPS) is 11.7. The molecule has 1 aromatic rings. The molecule has 0 aromatic heterocycles. The van der Waals surface area contributed by atoms with Gasteiger partial charge in [-0.2, -0.15) is 13.2 Å². The van der Waals surface area contributed by atoms with Crippen molar-refractivity contribution in [2.45, 2.75) is 77.3 Å². The summed E-state index contributed by atoms with van der Waals surface area (Å²) in [6.07, 6.45) is 2.77. The molecule has 0 atom stereocenters. The van der Waals surface area contributed by atoms with Gasteiger partial charge in [0.1, 0.15) is 0 Å². The molecule has 0 amide bonds. The number of aryl methyl sites for hydroxylation is 2. The number of halogens is 3. The quantitative estimate of drug-likeness (QED) is 0.499. The van der Waals surface area contributed by atoms with E-state index in [1.165, 1.54) is 6.07 Å². The van der Waals surface area contributed by atoms with Gasteiger partial charge in [-0.1, -0.05) is 44.7 Å². The number of alkyl halides is 3. The second-order valence-electron chi connectivity index (χ2n) is 6.25. The molecule has 0 fully saturated rings. The van der Waals surface area contributed by atoms with Gasteiger partial charge in [0.25, 0.3) is 0 Å². The molecule has 1 aromatic carbocycles. The summed E-state index contributed by atoms with van der Waals surface area (Å²) in [5.41, 5.74) is 0.462. The molecule has 0 aliphatic carbocycles. The van der Waals surface area contributed by atoms with Gasteiger partial charge in [0.2, 0.25) is 0 Å². The maximum absolute atomic E-state index is 13.3. The molecule has 2 nitrogen and oxygen atoms in total. The molecular weight excluding hydrogens is 317 g/mol. The Bertz CT molecular complexity index is 510. The van der Waals surface area contributed by atoms with Gasteiger partial charge < -0.3 is 5.11 Å². The number of benzene rings is 1. The molecule has 0 saturated carbocycles. The Hall–Kier alpha value is -1.52. The van der Waals surface area contributed by atoms with Crippen LogP contribution in [-0.4, -0.2) is 11.1 Å². The zero-order valence-corrected chi connectivity index (χ0v) is 14.3. The van der Waals surface area contributed by atoms with Crippen molar-refractivity contribution >= 4 is 5.97 Å². The Labute approximate surface area is 142 Å². The van der Waals surface area contributed by atoms with E-state index in [4.69, 9.17) is 5.11 Å². The van der Waals surface area contributed by atoms with E-state index >= 15 is 0 Å². The molecule has 0 saturated heterocycles. The second-order valence-corrected chi connectivity index (χ2v) is 6.25. The summed E-state index contributed by atoms with van der Waals surface area (Å²) in [6.45, 7) is 2.11. The van der Waals surface area contributed by atoms with Crippen molar-refractivity contribution in [2.75, 3.05) is 0 Å². The first-order valence-corrected chi connectivity index (χ1v) is 8.75. The SMILES string of the molecule is CCCCCCCc1ccc(CCCCC(=O)O)cc1C(F)(F)F. The minimum atomic E-state index is -4.34. The first-order valence-electron chi connectivity index (χ1n) is 8.75. The third kappa shape index (κ3) is 7.84. The average Bonchev–Trinajstić information content (AvgIpc) is 2.51. The molecule has 0 unspecified atom stereocenters. The highest BCUT2D eigenvalue weighted by Crippen LogP contribution is 2.33. The predicted molar refractivity (Wildman–Crippen MR) is 89.1 cm³/mol. The largest absolute Gasteiger partial charge is 0.481 e. The molecule has 0 aliphatic heterocycles. The van der Waals surface area contributed by atoms with Gasteiger partial charge in [0.15, 0.2) is 0 Å². The van der Waals surface area contributed by atoms with Gasteiger partial charge in [-0.3, -0.25) is 4.79 Å². The fraction of sp³-hybridized carbons (Fsp3) is 0.632. The summed E-state index contributed by atoms with van der Waals surface area (Å²) in [4.78, 5) is 10.5. The molecule has 0 spiro atoms. The maximum atomic E-state index is 13.3. The molecule has 1 N–H and O–H groups in total. The molecule has 1 rings (SSSR count). The van der Waals surface area contributed by atoms with E-state index in [0.29, 0.717) is 36.8 Å². The summed E-state index contributed by atoms with van der Waals surface area (Å²) < 4.78 is 39.8. The van der Waals surface area contributed by atoms with E-state index < -0.39 is 17.7 Å². The molecule has 0 aliphatic rings. The van der Waals surface area contributed by atoms with Crippen molar-refractivity contribution in [3.8, 4) is 0 Å². The van der Waals surface area contributed by atoms with Crippen LogP contribution < -0.4 is 0 Å². The summed E-state index contributed by atoms with van der Waals surface area (Å²) in [7, 11) is 0. The van der Waals surface area contributed by atoms with Crippen LogP contribution in [0.15, 0.2) is 18.2 Å². The van der Waals surface area contributed by atoms with Crippen molar-refractivity contribution in [3.63, 3.8) is 0 Å². The smallest absolute Gasteiger partial charge is 0.416 e. The van der Waals surface area contributed by atoms with Crippen LogP contribution in [0.2, 0.25) is 0 Å². The number of unbranched alkanes of at least 4 members (excludes halogenated alkanes) is 5. The van der Waals surface area contributed by atoms with Crippen molar-refractivity contribution in [2.24, 2.45) is 0 Å². The summed E-state index contributed by atoms with van der Waals surface area (Å²) >= 11 is 0. The van der Waals surface area contributed by atoms with Crippen LogP contribution in [0.25, 0.3) is 0 Å². The van der Waals surface area contributed by atoms with Gasteiger partial charge in [0, 0.05) is 6.42 Å². The highest BCUT2D eigenvalue weighted by Gasteiger charge is 2.33. The monoisotopic (exact) mass is 344 g/mol.